The van der Waals surface area contributed by atoms with Crippen molar-refractivity contribution in [3.05, 3.63) is 52.9 Å². The van der Waals surface area contributed by atoms with Crippen molar-refractivity contribution < 1.29 is 23.9 Å². The Balaban J connectivity index is 1.89. The largest absolute Gasteiger partial charge is 0.455 e. The van der Waals surface area contributed by atoms with Gasteiger partial charge >= 0.3 is 5.97 Å². The highest BCUT2D eigenvalue weighted by Gasteiger charge is 2.19. The van der Waals surface area contributed by atoms with Crippen LogP contribution in [0.4, 0.5) is 5.00 Å². The summed E-state index contributed by atoms with van der Waals surface area (Å²) in [6.07, 6.45) is -0.123. The van der Waals surface area contributed by atoms with Gasteiger partial charge in [-0.2, -0.15) is 0 Å². The Bertz CT molecular complexity index is 835. The smallest absolute Gasteiger partial charge is 0.308 e. The summed E-state index contributed by atoms with van der Waals surface area (Å²) in [4.78, 5) is 46.6. The summed E-state index contributed by atoms with van der Waals surface area (Å²) in [5.74, 6) is -2.19. The highest BCUT2D eigenvalue weighted by atomic mass is 32.1. The molecule has 1 atom stereocenters. The van der Waals surface area contributed by atoms with E-state index in [1.165, 1.54) is 13.0 Å². The van der Waals surface area contributed by atoms with Crippen LogP contribution in [-0.4, -0.2) is 30.3 Å². The second-order valence-electron chi connectivity index (χ2n) is 5.60. The summed E-state index contributed by atoms with van der Waals surface area (Å²) >= 11 is 1.13. The predicted molar refractivity (Wildman–Crippen MR) is 100 cm³/mol. The highest BCUT2D eigenvalue weighted by Crippen LogP contribution is 2.22. The number of hydrogen-bond donors (Lipinski definition) is 3. The van der Waals surface area contributed by atoms with Gasteiger partial charge in [-0.3, -0.25) is 19.2 Å². The fourth-order valence-electron chi connectivity index (χ4n) is 2.32. The molecule has 0 saturated carbocycles. The number of anilines is 1. The van der Waals surface area contributed by atoms with Gasteiger partial charge in [-0.05, 0) is 17.0 Å². The van der Waals surface area contributed by atoms with Crippen LogP contribution < -0.4 is 16.4 Å². The van der Waals surface area contributed by atoms with E-state index in [4.69, 9.17) is 10.5 Å². The first-order valence-electron chi connectivity index (χ1n) is 8.01. The lowest BCUT2D eigenvalue weighted by atomic mass is 10.0. The van der Waals surface area contributed by atoms with Crippen LogP contribution in [0.5, 0.6) is 0 Å². The molecular formula is C18H19N3O5S. The predicted octanol–water partition coefficient (Wildman–Crippen LogP) is 1.60. The van der Waals surface area contributed by atoms with Crippen LogP contribution in [0.25, 0.3) is 0 Å². The molecule has 3 amide bonds. The molecule has 27 heavy (non-hydrogen) atoms. The van der Waals surface area contributed by atoms with Crippen molar-refractivity contribution in [2.45, 2.75) is 19.4 Å². The lowest BCUT2D eigenvalue weighted by molar-refractivity contribution is -0.148. The van der Waals surface area contributed by atoms with Crippen molar-refractivity contribution >= 4 is 40.0 Å². The first-order valence-corrected chi connectivity index (χ1v) is 8.89. The van der Waals surface area contributed by atoms with E-state index in [1.807, 2.05) is 6.07 Å². The first kappa shape index (κ1) is 20.1. The van der Waals surface area contributed by atoms with E-state index in [2.05, 4.69) is 10.6 Å². The minimum absolute atomic E-state index is 0.123. The van der Waals surface area contributed by atoms with Gasteiger partial charge in [0, 0.05) is 6.92 Å². The Kier molecular flexibility index (Phi) is 7.07. The minimum Gasteiger partial charge on any atom is -0.455 e. The van der Waals surface area contributed by atoms with E-state index in [-0.39, 0.29) is 17.9 Å². The van der Waals surface area contributed by atoms with E-state index in [0.29, 0.717) is 5.00 Å². The fraction of sp³-hybridized carbons (Fsp3) is 0.222. The van der Waals surface area contributed by atoms with Gasteiger partial charge in [-0.15, -0.1) is 11.3 Å². The number of nitrogens with two attached hydrogens (primary N) is 1. The Morgan fingerprint density at radius 1 is 1.15 bits per heavy atom. The monoisotopic (exact) mass is 389 g/mol. The number of benzene rings is 1. The number of ether oxygens (including phenoxy) is 1. The van der Waals surface area contributed by atoms with Crippen LogP contribution in [0.2, 0.25) is 0 Å². The summed E-state index contributed by atoms with van der Waals surface area (Å²) in [5, 5.41) is 7.06. The second kappa shape index (κ2) is 9.48. The minimum atomic E-state index is -0.662. The molecule has 1 heterocycles. The van der Waals surface area contributed by atoms with Gasteiger partial charge in [0.15, 0.2) is 6.61 Å². The zero-order chi connectivity index (χ0) is 19.8. The van der Waals surface area contributed by atoms with E-state index >= 15 is 0 Å². The molecule has 1 aromatic heterocycles. The molecule has 0 radical (unpaired) electrons. The number of rotatable bonds is 8. The average molecular weight is 389 g/mol. The molecule has 0 unspecified atom stereocenters. The fourth-order valence-corrected chi connectivity index (χ4v) is 3.13. The maximum atomic E-state index is 12.1. The van der Waals surface area contributed by atoms with E-state index in [0.717, 1.165) is 16.9 Å². The molecule has 0 aliphatic rings. The van der Waals surface area contributed by atoms with Crippen LogP contribution >= 0.6 is 11.3 Å². The summed E-state index contributed by atoms with van der Waals surface area (Å²) in [5.41, 5.74) is 6.14. The molecule has 2 rings (SSSR count). The van der Waals surface area contributed by atoms with Gasteiger partial charge < -0.3 is 21.1 Å². The molecule has 142 valence electrons. The molecular weight excluding hydrogens is 370 g/mol. The molecule has 4 N–H and O–H groups in total. The maximum absolute atomic E-state index is 12.1. The number of carbonyl (C=O) groups is 4. The summed E-state index contributed by atoms with van der Waals surface area (Å²) < 4.78 is 4.97. The van der Waals surface area contributed by atoms with E-state index in [9.17, 15) is 19.2 Å². The van der Waals surface area contributed by atoms with Crippen molar-refractivity contribution in [3.8, 4) is 0 Å². The zero-order valence-corrected chi connectivity index (χ0v) is 15.4. The SMILES string of the molecule is CC(=O)N[C@H](CC(=O)OCC(=O)Nc1sccc1C(N)=O)c1ccccc1. The Labute approximate surface area is 159 Å². The van der Waals surface area contributed by atoms with Crippen LogP contribution in [0.1, 0.15) is 35.3 Å². The molecule has 9 heteroatoms. The van der Waals surface area contributed by atoms with Crippen molar-refractivity contribution in [2.75, 3.05) is 11.9 Å². The zero-order valence-electron chi connectivity index (χ0n) is 14.6. The molecule has 0 aliphatic carbocycles. The number of esters is 1. The number of hydrogen-bond acceptors (Lipinski definition) is 6. The van der Waals surface area contributed by atoms with Crippen LogP contribution in [0.3, 0.4) is 0 Å². The molecule has 0 aliphatic heterocycles. The standard InChI is InChI=1S/C18H19N3O5S/c1-11(22)20-14(12-5-3-2-4-6-12)9-16(24)26-10-15(23)21-18-13(17(19)25)7-8-27-18/h2-8,14H,9-10H2,1H3,(H2,19,25)(H,20,22)(H,21,23)/t14-/m1/s1. The maximum Gasteiger partial charge on any atom is 0.308 e. The van der Waals surface area contributed by atoms with Gasteiger partial charge in [0.2, 0.25) is 5.91 Å². The molecule has 2 aromatic rings. The number of carbonyl (C=O) groups excluding carboxylic acids is 4. The summed E-state index contributed by atoms with van der Waals surface area (Å²) in [6, 6.07) is 9.90. The van der Waals surface area contributed by atoms with Crippen molar-refractivity contribution in [3.63, 3.8) is 0 Å². The third kappa shape index (κ3) is 6.23. The van der Waals surface area contributed by atoms with Gasteiger partial charge in [0.25, 0.3) is 11.8 Å². The summed E-state index contributed by atoms with van der Waals surface area (Å²) in [7, 11) is 0. The van der Waals surface area contributed by atoms with Gasteiger partial charge in [-0.25, -0.2) is 0 Å². The third-order valence-electron chi connectivity index (χ3n) is 3.50. The molecule has 0 spiro atoms. The lowest BCUT2D eigenvalue weighted by Gasteiger charge is -2.17. The Morgan fingerprint density at radius 2 is 1.85 bits per heavy atom. The first-order chi connectivity index (χ1) is 12.9. The molecule has 0 bridgehead atoms. The van der Waals surface area contributed by atoms with Crippen LogP contribution in [0, 0.1) is 0 Å². The van der Waals surface area contributed by atoms with E-state index < -0.39 is 30.4 Å². The molecule has 0 fully saturated rings. The lowest BCUT2D eigenvalue weighted by Crippen LogP contribution is -2.29. The number of thiophene rings is 1. The topological polar surface area (TPSA) is 128 Å². The quantitative estimate of drug-likeness (QED) is 0.591. The number of amides is 3. The number of nitrogens with one attached hydrogen (secondary N) is 2. The number of primary amides is 1. The summed E-state index contributed by atoms with van der Waals surface area (Å²) in [6.45, 7) is 0.836. The van der Waals surface area contributed by atoms with Gasteiger partial charge in [-0.1, -0.05) is 30.3 Å². The third-order valence-corrected chi connectivity index (χ3v) is 4.33. The Hall–Kier alpha value is -3.20. The van der Waals surface area contributed by atoms with Gasteiger partial charge in [0.05, 0.1) is 18.0 Å². The van der Waals surface area contributed by atoms with Crippen molar-refractivity contribution in [1.29, 1.82) is 0 Å². The normalized spacial score (nSPS) is 11.3. The molecule has 0 saturated heterocycles. The van der Waals surface area contributed by atoms with E-state index in [1.54, 1.807) is 29.6 Å². The second-order valence-corrected chi connectivity index (χ2v) is 6.52. The highest BCUT2D eigenvalue weighted by molar-refractivity contribution is 7.14. The van der Waals surface area contributed by atoms with Crippen molar-refractivity contribution in [1.82, 2.24) is 5.32 Å². The average Bonchev–Trinajstić information content (AvgIpc) is 3.08. The molecule has 1 aromatic carbocycles. The molecule has 8 nitrogen and oxygen atoms in total. The Morgan fingerprint density at radius 3 is 2.48 bits per heavy atom. The van der Waals surface area contributed by atoms with Gasteiger partial charge in [0.1, 0.15) is 5.00 Å². The van der Waals surface area contributed by atoms with Crippen molar-refractivity contribution in [2.24, 2.45) is 5.73 Å². The van der Waals surface area contributed by atoms with Crippen LogP contribution in [-0.2, 0) is 19.1 Å². The van der Waals surface area contributed by atoms with Crippen LogP contribution in [0.15, 0.2) is 41.8 Å².